The monoisotopic (exact) mass is 243 g/mol. The second kappa shape index (κ2) is 8.32. The molecule has 0 aliphatic rings. The van der Waals surface area contributed by atoms with Crippen LogP contribution in [0, 0.1) is 0 Å². The molecule has 0 bridgehead atoms. The summed E-state index contributed by atoms with van der Waals surface area (Å²) in [5, 5.41) is 2.55. The molecule has 6 heteroatoms. The Kier molecular flexibility index (Phi) is 7.41. The number of rotatable bonds is 6. The van der Waals surface area contributed by atoms with E-state index in [1.165, 1.54) is 6.92 Å². The highest BCUT2D eigenvalue weighted by Crippen LogP contribution is 1.89. The van der Waals surface area contributed by atoms with Crippen molar-refractivity contribution in [3.63, 3.8) is 0 Å². The van der Waals surface area contributed by atoms with Crippen molar-refractivity contribution >= 4 is 17.8 Å². The van der Waals surface area contributed by atoms with Gasteiger partial charge in [0, 0.05) is 19.1 Å². The zero-order valence-corrected chi connectivity index (χ0v) is 10.2. The lowest BCUT2D eigenvalue weighted by molar-refractivity contribution is -0.140. The third kappa shape index (κ3) is 9.10. The van der Waals surface area contributed by atoms with Crippen molar-refractivity contribution in [2.75, 3.05) is 13.2 Å². The largest absolute Gasteiger partial charge is 0.463 e. The van der Waals surface area contributed by atoms with Gasteiger partial charge in [-0.1, -0.05) is 0 Å². The molecule has 0 rings (SSSR count). The van der Waals surface area contributed by atoms with Gasteiger partial charge in [-0.25, -0.2) is 9.59 Å². The quantitative estimate of drug-likeness (QED) is 0.531. The molecule has 0 spiro atoms. The molecule has 0 unspecified atom stereocenters. The van der Waals surface area contributed by atoms with Crippen LogP contribution in [-0.2, 0) is 23.9 Å². The van der Waals surface area contributed by atoms with Gasteiger partial charge in [0.2, 0.25) is 5.91 Å². The van der Waals surface area contributed by atoms with Crippen LogP contribution in [0.2, 0.25) is 0 Å². The van der Waals surface area contributed by atoms with Crippen molar-refractivity contribution in [1.29, 1.82) is 0 Å². The van der Waals surface area contributed by atoms with Crippen molar-refractivity contribution in [3.8, 4) is 0 Å². The van der Waals surface area contributed by atoms with E-state index in [-0.39, 0.29) is 25.2 Å². The second-order valence-corrected chi connectivity index (χ2v) is 3.32. The molecule has 6 nitrogen and oxygen atoms in total. The van der Waals surface area contributed by atoms with Crippen molar-refractivity contribution < 1.29 is 23.9 Å². The van der Waals surface area contributed by atoms with E-state index in [4.69, 9.17) is 4.74 Å². The van der Waals surface area contributed by atoms with Crippen molar-refractivity contribution in [2.45, 2.75) is 26.8 Å². The molecule has 1 atom stereocenters. The predicted molar refractivity (Wildman–Crippen MR) is 60.0 cm³/mol. The first-order valence-electron chi connectivity index (χ1n) is 5.24. The summed E-state index contributed by atoms with van der Waals surface area (Å²) in [5.41, 5.74) is 0. The molecule has 0 aliphatic carbocycles. The van der Waals surface area contributed by atoms with Gasteiger partial charge in [-0.15, -0.1) is 0 Å². The van der Waals surface area contributed by atoms with Crippen LogP contribution in [-0.4, -0.2) is 37.1 Å². The molecule has 0 heterocycles. The Morgan fingerprint density at radius 2 is 1.71 bits per heavy atom. The van der Waals surface area contributed by atoms with Gasteiger partial charge in [0.25, 0.3) is 0 Å². The summed E-state index contributed by atoms with van der Waals surface area (Å²) >= 11 is 0. The first-order chi connectivity index (χ1) is 7.95. The molecule has 0 aromatic rings. The van der Waals surface area contributed by atoms with Gasteiger partial charge < -0.3 is 14.8 Å². The molecule has 0 radical (unpaired) electrons. The maximum absolute atomic E-state index is 11.1. The van der Waals surface area contributed by atoms with Crippen molar-refractivity contribution in [3.05, 3.63) is 12.2 Å². The Bertz CT molecular complexity index is 311. The predicted octanol–water partition coefficient (Wildman–Crippen LogP) is 0.173. The SMILES string of the molecule is CCOC(=O)/C=C/C(=O)OC[C@@H](C)NC(C)=O. The molecule has 96 valence electrons. The molecule has 1 N–H and O–H groups in total. The summed E-state index contributed by atoms with van der Waals surface area (Å²) in [6.45, 7) is 5.03. The normalized spacial score (nSPS) is 11.9. The van der Waals surface area contributed by atoms with E-state index < -0.39 is 11.9 Å². The van der Waals surface area contributed by atoms with E-state index in [0.29, 0.717) is 0 Å². The minimum atomic E-state index is -0.657. The van der Waals surface area contributed by atoms with E-state index in [1.807, 2.05) is 0 Å². The van der Waals surface area contributed by atoms with Crippen LogP contribution in [0.3, 0.4) is 0 Å². The van der Waals surface area contributed by atoms with E-state index >= 15 is 0 Å². The smallest absolute Gasteiger partial charge is 0.331 e. The molecule has 0 aromatic carbocycles. The van der Waals surface area contributed by atoms with Crippen molar-refractivity contribution in [2.24, 2.45) is 0 Å². The lowest BCUT2D eigenvalue weighted by Gasteiger charge is -2.11. The molecule has 0 fully saturated rings. The number of nitrogens with one attached hydrogen (secondary N) is 1. The van der Waals surface area contributed by atoms with Crippen LogP contribution in [0.25, 0.3) is 0 Å². The summed E-state index contributed by atoms with van der Waals surface area (Å²) in [6, 6.07) is -0.271. The van der Waals surface area contributed by atoms with E-state index in [0.717, 1.165) is 12.2 Å². The van der Waals surface area contributed by atoms with E-state index in [9.17, 15) is 14.4 Å². The van der Waals surface area contributed by atoms with E-state index in [1.54, 1.807) is 13.8 Å². The highest BCUT2D eigenvalue weighted by molar-refractivity contribution is 5.91. The van der Waals surface area contributed by atoms with E-state index in [2.05, 4.69) is 10.1 Å². The third-order valence-corrected chi connectivity index (χ3v) is 1.57. The van der Waals surface area contributed by atoms with Gasteiger partial charge in [0.1, 0.15) is 6.61 Å². The molecule has 0 aliphatic heterocycles. The van der Waals surface area contributed by atoms with Crippen molar-refractivity contribution in [1.82, 2.24) is 5.32 Å². The fourth-order valence-electron chi connectivity index (χ4n) is 0.970. The molecule has 0 aromatic heterocycles. The Morgan fingerprint density at radius 1 is 1.18 bits per heavy atom. The van der Waals surface area contributed by atoms with Gasteiger partial charge in [-0.2, -0.15) is 0 Å². The highest BCUT2D eigenvalue weighted by Gasteiger charge is 2.06. The number of carbonyl (C=O) groups is 3. The average Bonchev–Trinajstić information content (AvgIpc) is 2.23. The Labute approximate surface area is 100.0 Å². The first kappa shape index (κ1) is 15.2. The molecule has 17 heavy (non-hydrogen) atoms. The second-order valence-electron chi connectivity index (χ2n) is 3.32. The number of hydrogen-bond donors (Lipinski definition) is 1. The summed E-state index contributed by atoms with van der Waals surface area (Å²) in [5.74, 6) is -1.45. The van der Waals surface area contributed by atoms with Crippen LogP contribution < -0.4 is 5.32 Å². The number of carbonyl (C=O) groups excluding carboxylic acids is 3. The van der Waals surface area contributed by atoms with Gasteiger partial charge in [-0.3, -0.25) is 4.79 Å². The Balaban J connectivity index is 3.87. The average molecular weight is 243 g/mol. The lowest BCUT2D eigenvalue weighted by Crippen LogP contribution is -2.34. The van der Waals surface area contributed by atoms with Crippen LogP contribution >= 0.6 is 0 Å². The summed E-state index contributed by atoms with van der Waals surface area (Å²) in [6.07, 6.45) is 1.98. The van der Waals surface area contributed by atoms with Gasteiger partial charge in [0.15, 0.2) is 0 Å². The zero-order chi connectivity index (χ0) is 13.3. The third-order valence-electron chi connectivity index (χ3n) is 1.57. The molecular formula is C11H17NO5. The first-order valence-corrected chi connectivity index (χ1v) is 5.24. The van der Waals surface area contributed by atoms with Crippen LogP contribution in [0.4, 0.5) is 0 Å². The summed E-state index contributed by atoms with van der Waals surface area (Å²) in [7, 11) is 0. The van der Waals surface area contributed by atoms with Gasteiger partial charge in [0.05, 0.1) is 12.6 Å². The fourth-order valence-corrected chi connectivity index (χ4v) is 0.970. The summed E-state index contributed by atoms with van der Waals surface area (Å²) < 4.78 is 9.36. The molecule has 0 saturated heterocycles. The maximum Gasteiger partial charge on any atom is 0.331 e. The van der Waals surface area contributed by atoms with Crippen LogP contribution in [0.15, 0.2) is 12.2 Å². The highest BCUT2D eigenvalue weighted by atomic mass is 16.5. The topological polar surface area (TPSA) is 81.7 Å². The Morgan fingerprint density at radius 3 is 2.18 bits per heavy atom. The number of esters is 2. The minimum absolute atomic E-state index is 0.0472. The Hall–Kier alpha value is -1.85. The summed E-state index contributed by atoms with van der Waals surface area (Å²) in [4.78, 5) is 32.6. The maximum atomic E-state index is 11.1. The molecule has 0 saturated carbocycles. The van der Waals surface area contributed by atoms with Crippen LogP contribution in [0.1, 0.15) is 20.8 Å². The van der Waals surface area contributed by atoms with Crippen LogP contribution in [0.5, 0.6) is 0 Å². The standard InChI is InChI=1S/C11H17NO5/c1-4-16-10(14)5-6-11(15)17-7-8(2)12-9(3)13/h5-6,8H,4,7H2,1-3H3,(H,12,13)/b6-5+/t8-/m1/s1. The molecule has 1 amide bonds. The number of ether oxygens (including phenoxy) is 2. The minimum Gasteiger partial charge on any atom is -0.463 e. The number of hydrogen-bond acceptors (Lipinski definition) is 5. The fraction of sp³-hybridized carbons (Fsp3) is 0.545. The lowest BCUT2D eigenvalue weighted by atomic mass is 10.3. The van der Waals surface area contributed by atoms with Gasteiger partial charge in [-0.05, 0) is 13.8 Å². The molecular weight excluding hydrogens is 226 g/mol. The van der Waals surface area contributed by atoms with Gasteiger partial charge >= 0.3 is 11.9 Å². The zero-order valence-electron chi connectivity index (χ0n) is 10.2. The number of amides is 1.